The van der Waals surface area contributed by atoms with Crippen LogP contribution in [0.2, 0.25) is 0 Å². The zero-order chi connectivity index (χ0) is 27.3. The van der Waals surface area contributed by atoms with Crippen LogP contribution >= 0.6 is 0 Å². The summed E-state index contributed by atoms with van der Waals surface area (Å²) >= 11 is 0. The lowest BCUT2D eigenvalue weighted by Crippen LogP contribution is -2.52. The van der Waals surface area contributed by atoms with E-state index in [0.29, 0.717) is 0 Å². The van der Waals surface area contributed by atoms with Gasteiger partial charge in [-0.25, -0.2) is 14.4 Å². The van der Waals surface area contributed by atoms with Crippen molar-refractivity contribution < 1.29 is 33.3 Å². The predicted molar refractivity (Wildman–Crippen MR) is 129 cm³/mol. The molecule has 4 rings (SSSR count). The molecule has 38 heavy (non-hydrogen) atoms. The number of anilines is 1. The molecule has 2 N–H and O–H groups in total. The summed E-state index contributed by atoms with van der Waals surface area (Å²) in [5, 5.41) is 10.3. The number of benzene rings is 2. The Kier molecular flexibility index (Phi) is 7.50. The third-order valence-corrected chi connectivity index (χ3v) is 5.66. The zero-order valence-electron chi connectivity index (χ0n) is 20.1. The van der Waals surface area contributed by atoms with E-state index in [1.165, 1.54) is 30.3 Å². The second-order valence-corrected chi connectivity index (χ2v) is 8.20. The number of nitriles is 1. The molecule has 0 saturated carbocycles. The summed E-state index contributed by atoms with van der Waals surface area (Å²) < 4.78 is 23.2. The molecule has 0 radical (unpaired) electrons. The Hall–Kier alpha value is -5.02. The van der Waals surface area contributed by atoms with Gasteiger partial charge in [0.2, 0.25) is 6.10 Å². The van der Waals surface area contributed by atoms with Crippen LogP contribution in [0.3, 0.4) is 0 Å². The molecule has 12 heteroatoms. The van der Waals surface area contributed by atoms with Gasteiger partial charge < -0.3 is 24.7 Å². The van der Waals surface area contributed by atoms with Crippen LogP contribution in [0, 0.1) is 11.3 Å². The highest BCUT2D eigenvalue weighted by Gasteiger charge is 2.62. The van der Waals surface area contributed by atoms with Crippen LogP contribution in [0.4, 0.5) is 5.82 Å². The van der Waals surface area contributed by atoms with E-state index in [4.69, 9.17) is 24.7 Å². The highest BCUT2D eigenvalue weighted by molar-refractivity contribution is 5.90. The molecular formula is C26H22N4O8. The fraction of sp³-hybridized carbons (Fsp3) is 0.231. The van der Waals surface area contributed by atoms with Gasteiger partial charge in [-0.05, 0) is 30.3 Å². The SMILES string of the molecule is CC(=O)O[C@H]1[C@H](OC(=O)c2ccccc2)[C@@H](COC(=O)c2ccccc2)O[C@@]1(C#N)n1ccc(N)nc1=O. The van der Waals surface area contributed by atoms with Gasteiger partial charge in [0, 0.05) is 13.1 Å². The molecule has 0 bridgehead atoms. The molecule has 4 atom stereocenters. The summed E-state index contributed by atoms with van der Waals surface area (Å²) in [6.07, 6.45) is -3.32. The minimum Gasteiger partial charge on any atom is -0.459 e. The van der Waals surface area contributed by atoms with E-state index in [1.807, 2.05) is 6.07 Å². The van der Waals surface area contributed by atoms with Gasteiger partial charge in [-0.2, -0.15) is 10.2 Å². The first-order chi connectivity index (χ1) is 18.2. The number of nitrogens with zero attached hydrogens (tertiary/aromatic N) is 3. The first-order valence-corrected chi connectivity index (χ1v) is 11.4. The van der Waals surface area contributed by atoms with Gasteiger partial charge in [0.15, 0.2) is 6.10 Å². The molecule has 194 valence electrons. The fourth-order valence-electron chi connectivity index (χ4n) is 3.96. The maximum Gasteiger partial charge on any atom is 0.352 e. The van der Waals surface area contributed by atoms with Crippen LogP contribution in [0.15, 0.2) is 77.7 Å². The van der Waals surface area contributed by atoms with Gasteiger partial charge in [-0.1, -0.05) is 36.4 Å². The Balaban J connectivity index is 1.74. The van der Waals surface area contributed by atoms with Crippen LogP contribution in [0.5, 0.6) is 0 Å². The average molecular weight is 518 g/mol. The number of esters is 3. The van der Waals surface area contributed by atoms with E-state index < -0.39 is 54.2 Å². The van der Waals surface area contributed by atoms with Crippen molar-refractivity contribution in [1.82, 2.24) is 9.55 Å². The van der Waals surface area contributed by atoms with Gasteiger partial charge in [0.05, 0.1) is 11.1 Å². The lowest BCUT2D eigenvalue weighted by molar-refractivity contribution is -0.165. The summed E-state index contributed by atoms with van der Waals surface area (Å²) in [5.41, 5.74) is 2.66. The van der Waals surface area contributed by atoms with E-state index in [9.17, 15) is 24.4 Å². The van der Waals surface area contributed by atoms with Crippen molar-refractivity contribution in [3.8, 4) is 6.07 Å². The molecule has 0 unspecified atom stereocenters. The summed E-state index contributed by atoms with van der Waals surface area (Å²) in [6.45, 7) is 0.559. The average Bonchev–Trinajstić information content (AvgIpc) is 3.20. The second kappa shape index (κ2) is 10.9. The monoisotopic (exact) mass is 518 g/mol. The molecule has 1 aliphatic heterocycles. The Morgan fingerprint density at radius 3 is 2.18 bits per heavy atom. The van der Waals surface area contributed by atoms with Crippen LogP contribution in [-0.4, -0.2) is 52.4 Å². The van der Waals surface area contributed by atoms with Crippen molar-refractivity contribution in [3.63, 3.8) is 0 Å². The minimum atomic E-state index is -2.34. The normalized spacial score (nSPS) is 22.2. The lowest BCUT2D eigenvalue weighted by atomic mass is 10.0. The Morgan fingerprint density at radius 2 is 1.63 bits per heavy atom. The summed E-state index contributed by atoms with van der Waals surface area (Å²) in [7, 11) is 0. The number of carbonyl (C=O) groups excluding carboxylic acids is 3. The topological polar surface area (TPSA) is 173 Å². The number of hydrogen-bond acceptors (Lipinski definition) is 11. The molecule has 2 heterocycles. The molecule has 1 aliphatic rings. The fourth-order valence-corrected chi connectivity index (χ4v) is 3.96. The maximum absolute atomic E-state index is 13.0. The minimum absolute atomic E-state index is 0.123. The van der Waals surface area contributed by atoms with Crippen molar-refractivity contribution in [3.05, 3.63) is 94.5 Å². The first kappa shape index (κ1) is 26.1. The number of ether oxygens (including phenoxy) is 4. The van der Waals surface area contributed by atoms with Gasteiger partial charge >= 0.3 is 23.6 Å². The molecular weight excluding hydrogens is 496 g/mol. The van der Waals surface area contributed by atoms with E-state index in [2.05, 4.69) is 4.98 Å². The van der Waals surface area contributed by atoms with Crippen LogP contribution in [-0.2, 0) is 29.5 Å². The molecule has 2 aromatic carbocycles. The predicted octanol–water partition coefficient (Wildman–Crippen LogP) is 1.41. The molecule has 1 saturated heterocycles. The third-order valence-electron chi connectivity index (χ3n) is 5.66. The zero-order valence-corrected chi connectivity index (χ0v) is 20.1. The summed E-state index contributed by atoms with van der Waals surface area (Å²) in [5.74, 6) is -2.52. The summed E-state index contributed by atoms with van der Waals surface area (Å²) in [4.78, 5) is 54.0. The van der Waals surface area contributed by atoms with Gasteiger partial charge in [0.25, 0.3) is 5.72 Å². The largest absolute Gasteiger partial charge is 0.459 e. The highest BCUT2D eigenvalue weighted by atomic mass is 16.7. The Labute approximate surface area is 216 Å². The van der Waals surface area contributed by atoms with E-state index in [1.54, 1.807) is 36.4 Å². The Morgan fingerprint density at radius 1 is 1.03 bits per heavy atom. The Bertz CT molecular complexity index is 1440. The van der Waals surface area contributed by atoms with Crippen molar-refractivity contribution in [2.24, 2.45) is 0 Å². The third kappa shape index (κ3) is 5.23. The number of nitrogen functional groups attached to an aromatic ring is 1. The van der Waals surface area contributed by atoms with Crippen LogP contribution in [0.25, 0.3) is 0 Å². The van der Waals surface area contributed by atoms with Crippen LogP contribution < -0.4 is 11.4 Å². The number of nitrogens with two attached hydrogens (primary N) is 1. The van der Waals surface area contributed by atoms with Crippen molar-refractivity contribution in [1.29, 1.82) is 5.26 Å². The maximum atomic E-state index is 13.0. The molecule has 0 amide bonds. The smallest absolute Gasteiger partial charge is 0.352 e. The van der Waals surface area contributed by atoms with Crippen molar-refractivity contribution in [2.45, 2.75) is 31.0 Å². The number of hydrogen-bond donors (Lipinski definition) is 1. The molecule has 0 spiro atoms. The van der Waals surface area contributed by atoms with Gasteiger partial charge in [-0.3, -0.25) is 9.36 Å². The number of aromatic nitrogens is 2. The van der Waals surface area contributed by atoms with E-state index in [0.717, 1.165) is 17.7 Å². The molecule has 1 aromatic heterocycles. The summed E-state index contributed by atoms with van der Waals surface area (Å²) in [6, 6.07) is 19.1. The molecule has 0 aliphatic carbocycles. The lowest BCUT2D eigenvalue weighted by Gasteiger charge is -2.29. The van der Waals surface area contributed by atoms with E-state index in [-0.39, 0.29) is 16.9 Å². The number of carbonyl (C=O) groups is 3. The van der Waals surface area contributed by atoms with Gasteiger partial charge in [0.1, 0.15) is 24.6 Å². The second-order valence-electron chi connectivity index (χ2n) is 8.20. The highest BCUT2D eigenvalue weighted by Crippen LogP contribution is 2.39. The van der Waals surface area contributed by atoms with Gasteiger partial charge in [-0.15, -0.1) is 0 Å². The molecule has 1 fully saturated rings. The van der Waals surface area contributed by atoms with Crippen LogP contribution in [0.1, 0.15) is 27.6 Å². The van der Waals surface area contributed by atoms with E-state index >= 15 is 0 Å². The van der Waals surface area contributed by atoms with Crippen molar-refractivity contribution >= 4 is 23.7 Å². The molecule has 3 aromatic rings. The standard InChI is InChI=1S/C26H22N4O8/c1-16(31)36-22-21(37-24(33)18-10-6-3-7-11-18)19(14-35-23(32)17-8-4-2-5-9-17)38-26(22,15-27)30-13-12-20(28)29-25(30)34/h2-13,19,21-22H,14H2,1H3,(H2,28,29,34)/t19-,21-,22+,26-/m1/s1. The quantitative estimate of drug-likeness (QED) is 0.354. The number of rotatable bonds is 7. The van der Waals surface area contributed by atoms with Crippen molar-refractivity contribution in [2.75, 3.05) is 12.3 Å². The molecule has 12 nitrogen and oxygen atoms in total. The first-order valence-electron chi connectivity index (χ1n) is 11.4.